The monoisotopic (exact) mass is 347 g/mol. The average Bonchev–Trinajstić information content (AvgIpc) is 3.08. The van der Waals surface area contributed by atoms with Gasteiger partial charge in [0, 0.05) is 22.9 Å². The van der Waals surface area contributed by atoms with Crippen LogP contribution in [0.2, 0.25) is 5.02 Å². The van der Waals surface area contributed by atoms with E-state index in [1.807, 2.05) is 6.92 Å². The van der Waals surface area contributed by atoms with E-state index in [2.05, 4.69) is 10.1 Å². The van der Waals surface area contributed by atoms with Crippen LogP contribution in [0, 0.1) is 12.7 Å². The molecule has 0 saturated carbocycles. The van der Waals surface area contributed by atoms with Gasteiger partial charge in [-0.05, 0) is 31.5 Å². The van der Waals surface area contributed by atoms with E-state index in [-0.39, 0.29) is 10.8 Å². The maximum absolute atomic E-state index is 13.7. The van der Waals surface area contributed by atoms with Crippen molar-refractivity contribution in [2.45, 2.75) is 20.0 Å². The lowest BCUT2D eigenvalue weighted by Crippen LogP contribution is -2.09. The number of ether oxygens (including phenoxy) is 1. The molecule has 3 rings (SSSR count). The maximum atomic E-state index is 13.7. The number of pyridine rings is 1. The van der Waals surface area contributed by atoms with E-state index >= 15 is 0 Å². The van der Waals surface area contributed by atoms with Gasteiger partial charge in [-0.2, -0.15) is 0 Å². The molecule has 7 heteroatoms. The van der Waals surface area contributed by atoms with Gasteiger partial charge in [0.25, 0.3) is 0 Å². The second-order valence-corrected chi connectivity index (χ2v) is 5.75. The number of rotatable bonds is 4. The summed E-state index contributed by atoms with van der Waals surface area (Å²) in [4.78, 5) is 4.12. The Morgan fingerprint density at radius 3 is 2.79 bits per heavy atom. The zero-order valence-corrected chi connectivity index (χ0v) is 13.8. The molecule has 0 amide bonds. The lowest BCUT2D eigenvalue weighted by atomic mass is 10.0. The molecule has 2 N–H and O–H groups in total. The van der Waals surface area contributed by atoms with Crippen LogP contribution in [-0.4, -0.2) is 10.1 Å². The summed E-state index contributed by atoms with van der Waals surface area (Å²) < 4.78 is 24.5. The highest BCUT2D eigenvalue weighted by molar-refractivity contribution is 6.31. The standard InChI is InChI=1S/C17H15ClFN3O2/c1-9-3-4-13(19)16(18)15(9)10(2)24-14-5-11(6-21-17(14)20)12-7-22-23-8-12/h3-8,10H,1-2H3,(H2,20,21). The van der Waals surface area contributed by atoms with Gasteiger partial charge in [-0.1, -0.05) is 22.8 Å². The molecule has 0 aliphatic rings. The highest BCUT2D eigenvalue weighted by Crippen LogP contribution is 2.34. The van der Waals surface area contributed by atoms with E-state index < -0.39 is 11.9 Å². The summed E-state index contributed by atoms with van der Waals surface area (Å²) in [5, 5.41) is 3.70. The summed E-state index contributed by atoms with van der Waals surface area (Å²) in [5.41, 5.74) is 8.79. The van der Waals surface area contributed by atoms with Crippen molar-refractivity contribution in [3.63, 3.8) is 0 Å². The van der Waals surface area contributed by atoms with Crippen LogP contribution in [0.1, 0.15) is 24.2 Å². The van der Waals surface area contributed by atoms with Gasteiger partial charge in [-0.3, -0.25) is 0 Å². The Bertz CT molecular complexity index is 869. The molecular formula is C17H15ClFN3O2. The molecule has 1 unspecified atom stereocenters. The molecule has 0 aliphatic carbocycles. The second-order valence-electron chi connectivity index (χ2n) is 5.37. The fourth-order valence-corrected chi connectivity index (χ4v) is 2.83. The Hall–Kier alpha value is -2.60. The van der Waals surface area contributed by atoms with Crippen molar-refractivity contribution >= 4 is 17.4 Å². The topological polar surface area (TPSA) is 74.2 Å². The van der Waals surface area contributed by atoms with E-state index in [0.717, 1.165) is 16.7 Å². The molecule has 24 heavy (non-hydrogen) atoms. The maximum Gasteiger partial charge on any atom is 0.166 e. The molecule has 1 aromatic carbocycles. The number of nitrogen functional groups attached to an aromatic ring is 1. The van der Waals surface area contributed by atoms with Crippen molar-refractivity contribution < 1.29 is 13.7 Å². The average molecular weight is 348 g/mol. The molecule has 0 fully saturated rings. The molecule has 2 aromatic heterocycles. The van der Waals surface area contributed by atoms with E-state index in [0.29, 0.717) is 11.3 Å². The third-order valence-corrected chi connectivity index (χ3v) is 4.09. The number of hydrogen-bond donors (Lipinski definition) is 1. The smallest absolute Gasteiger partial charge is 0.166 e. The van der Waals surface area contributed by atoms with Crippen molar-refractivity contribution in [3.8, 4) is 16.9 Å². The number of aromatic nitrogens is 2. The molecule has 0 aliphatic heterocycles. The summed E-state index contributed by atoms with van der Waals surface area (Å²) >= 11 is 6.09. The number of aryl methyl sites for hydroxylation is 1. The summed E-state index contributed by atoms with van der Waals surface area (Å²) in [6.45, 7) is 3.62. The van der Waals surface area contributed by atoms with Gasteiger partial charge in [0.05, 0.1) is 11.2 Å². The number of anilines is 1. The first-order valence-electron chi connectivity index (χ1n) is 7.23. The van der Waals surface area contributed by atoms with E-state index in [4.69, 9.17) is 26.6 Å². The molecule has 5 nitrogen and oxygen atoms in total. The van der Waals surface area contributed by atoms with Crippen LogP contribution in [0.15, 0.2) is 41.4 Å². The molecular weight excluding hydrogens is 333 g/mol. The van der Waals surface area contributed by atoms with Crippen LogP contribution in [0.3, 0.4) is 0 Å². The number of hydrogen-bond acceptors (Lipinski definition) is 5. The largest absolute Gasteiger partial charge is 0.482 e. The SMILES string of the molecule is Cc1ccc(F)c(Cl)c1C(C)Oc1cc(-c2cnoc2)cnc1N. The van der Waals surface area contributed by atoms with Crippen molar-refractivity contribution in [2.75, 3.05) is 5.73 Å². The van der Waals surface area contributed by atoms with Gasteiger partial charge < -0.3 is 15.0 Å². The van der Waals surface area contributed by atoms with Crippen LogP contribution in [0.5, 0.6) is 5.75 Å². The van der Waals surface area contributed by atoms with Crippen molar-refractivity contribution in [1.82, 2.24) is 10.1 Å². The predicted octanol–water partition coefficient (Wildman–Crippen LogP) is 4.56. The predicted molar refractivity (Wildman–Crippen MR) is 89.3 cm³/mol. The normalized spacial score (nSPS) is 12.2. The molecule has 124 valence electrons. The Kier molecular flexibility index (Phi) is 4.40. The third-order valence-electron chi connectivity index (χ3n) is 3.71. The molecule has 2 heterocycles. The quantitative estimate of drug-likeness (QED) is 0.748. The lowest BCUT2D eigenvalue weighted by molar-refractivity contribution is 0.226. The Labute approximate surface area is 143 Å². The molecule has 0 bridgehead atoms. The van der Waals surface area contributed by atoms with E-state index in [1.54, 1.807) is 31.5 Å². The number of nitrogens with zero attached hydrogens (tertiary/aromatic N) is 2. The van der Waals surface area contributed by atoms with Gasteiger partial charge in [-0.25, -0.2) is 9.37 Å². The molecule has 0 saturated heterocycles. The van der Waals surface area contributed by atoms with E-state index in [1.165, 1.54) is 12.3 Å². The van der Waals surface area contributed by atoms with Crippen molar-refractivity contribution in [2.24, 2.45) is 0 Å². The minimum atomic E-state index is -0.505. The Morgan fingerprint density at radius 1 is 1.29 bits per heavy atom. The summed E-state index contributed by atoms with van der Waals surface area (Å²) in [7, 11) is 0. The van der Waals surface area contributed by atoms with Gasteiger partial charge in [0.15, 0.2) is 11.6 Å². The minimum absolute atomic E-state index is 0.0456. The molecule has 0 radical (unpaired) electrons. The number of nitrogens with two attached hydrogens (primary N) is 1. The number of halogens is 2. The van der Waals surface area contributed by atoms with Crippen LogP contribution in [0.4, 0.5) is 10.2 Å². The highest BCUT2D eigenvalue weighted by atomic mass is 35.5. The summed E-state index contributed by atoms with van der Waals surface area (Å²) in [6, 6.07) is 4.72. The molecule has 1 atom stereocenters. The molecule has 0 spiro atoms. The van der Waals surface area contributed by atoms with Gasteiger partial charge in [-0.15, -0.1) is 0 Å². The Balaban J connectivity index is 1.94. The number of benzene rings is 1. The zero-order chi connectivity index (χ0) is 17.3. The molecule has 3 aromatic rings. The first-order valence-corrected chi connectivity index (χ1v) is 7.61. The summed E-state index contributed by atoms with van der Waals surface area (Å²) in [6.07, 6.45) is 4.15. The zero-order valence-electron chi connectivity index (χ0n) is 13.1. The van der Waals surface area contributed by atoms with Crippen molar-refractivity contribution in [1.29, 1.82) is 0 Å². The van der Waals surface area contributed by atoms with Gasteiger partial charge in [0.2, 0.25) is 0 Å². The summed E-state index contributed by atoms with van der Waals surface area (Å²) in [5.74, 6) is 0.116. The van der Waals surface area contributed by atoms with Crippen LogP contribution in [0.25, 0.3) is 11.1 Å². The first-order chi connectivity index (χ1) is 11.5. The fraction of sp³-hybridized carbons (Fsp3) is 0.176. The van der Waals surface area contributed by atoms with Gasteiger partial charge >= 0.3 is 0 Å². The third kappa shape index (κ3) is 3.05. The van der Waals surface area contributed by atoms with Crippen LogP contribution in [-0.2, 0) is 0 Å². The van der Waals surface area contributed by atoms with Crippen molar-refractivity contribution in [3.05, 3.63) is 58.8 Å². The highest BCUT2D eigenvalue weighted by Gasteiger charge is 2.19. The Morgan fingerprint density at radius 2 is 2.08 bits per heavy atom. The van der Waals surface area contributed by atoms with Crippen LogP contribution < -0.4 is 10.5 Å². The first kappa shape index (κ1) is 16.3. The van der Waals surface area contributed by atoms with Crippen LogP contribution >= 0.6 is 11.6 Å². The van der Waals surface area contributed by atoms with E-state index in [9.17, 15) is 4.39 Å². The second kappa shape index (κ2) is 6.49. The minimum Gasteiger partial charge on any atom is -0.482 e. The van der Waals surface area contributed by atoms with Gasteiger partial charge in [0.1, 0.15) is 18.2 Å². The fourth-order valence-electron chi connectivity index (χ4n) is 2.47. The lowest BCUT2D eigenvalue weighted by Gasteiger charge is -2.20.